The molecule has 2 rings (SSSR count). The first kappa shape index (κ1) is 17.8. The van der Waals surface area contributed by atoms with Gasteiger partial charge in [-0.05, 0) is 31.4 Å². The summed E-state index contributed by atoms with van der Waals surface area (Å²) in [5.74, 6) is 1.80. The summed E-state index contributed by atoms with van der Waals surface area (Å²) in [6.07, 6.45) is 2.77. The van der Waals surface area contributed by atoms with Crippen LogP contribution in [0.1, 0.15) is 20.3 Å². The average molecular weight is 340 g/mol. The summed E-state index contributed by atoms with van der Waals surface area (Å²) in [5.41, 5.74) is 0. The Morgan fingerprint density at radius 3 is 3.13 bits per heavy atom. The number of aromatic nitrogens is 1. The molecule has 128 valence electrons. The number of guanidine groups is 1. The van der Waals surface area contributed by atoms with E-state index in [2.05, 4.69) is 25.5 Å². The number of hydrogen-bond donors (Lipinski definition) is 3. The number of hydrogen-bond acceptors (Lipinski definition) is 4. The number of rotatable bonds is 6. The maximum atomic E-state index is 9.11. The lowest BCUT2D eigenvalue weighted by atomic mass is 10.2. The van der Waals surface area contributed by atoms with Crippen molar-refractivity contribution in [2.45, 2.75) is 26.3 Å². The molecule has 0 bridgehead atoms. The fraction of sp³-hybridized carbons (Fsp3) is 0.625. The summed E-state index contributed by atoms with van der Waals surface area (Å²) >= 11 is 6.22. The topological polar surface area (TPSA) is 72.8 Å². The van der Waals surface area contributed by atoms with Gasteiger partial charge < -0.3 is 20.6 Å². The summed E-state index contributed by atoms with van der Waals surface area (Å²) in [6, 6.07) is 4.01. The standard InChI is InChI=1S/C16H26ClN5O/c1-3-18-16(20-9-12(2)11-23)21-13-6-8-22(10-13)15-14(17)5-4-7-19-15/h4-5,7,12-13,23H,3,6,8-11H2,1-2H3,(H2,18,20,21). The van der Waals surface area contributed by atoms with Gasteiger partial charge in [-0.15, -0.1) is 0 Å². The van der Waals surface area contributed by atoms with E-state index in [1.165, 1.54) is 0 Å². The van der Waals surface area contributed by atoms with E-state index in [0.717, 1.165) is 37.8 Å². The Labute approximate surface area is 143 Å². The predicted octanol–water partition coefficient (Wildman–Crippen LogP) is 1.50. The summed E-state index contributed by atoms with van der Waals surface area (Å²) in [4.78, 5) is 11.1. The van der Waals surface area contributed by atoms with Gasteiger partial charge >= 0.3 is 0 Å². The predicted molar refractivity (Wildman–Crippen MR) is 95.2 cm³/mol. The molecule has 0 aromatic carbocycles. The van der Waals surface area contributed by atoms with Crippen molar-refractivity contribution in [1.82, 2.24) is 15.6 Å². The van der Waals surface area contributed by atoms with Crippen LogP contribution >= 0.6 is 11.6 Å². The molecule has 2 heterocycles. The molecule has 1 fully saturated rings. The van der Waals surface area contributed by atoms with Crippen molar-refractivity contribution in [1.29, 1.82) is 0 Å². The van der Waals surface area contributed by atoms with Crippen LogP contribution in [0.4, 0.5) is 5.82 Å². The largest absolute Gasteiger partial charge is 0.396 e. The van der Waals surface area contributed by atoms with Gasteiger partial charge in [0.15, 0.2) is 5.96 Å². The number of nitrogens with zero attached hydrogens (tertiary/aromatic N) is 3. The number of anilines is 1. The van der Waals surface area contributed by atoms with Crippen molar-refractivity contribution >= 4 is 23.4 Å². The lowest BCUT2D eigenvalue weighted by Gasteiger charge is -2.20. The molecule has 1 aromatic heterocycles. The minimum absolute atomic E-state index is 0.151. The Bertz CT molecular complexity index is 525. The Kier molecular flexibility index (Phi) is 6.92. The lowest BCUT2D eigenvalue weighted by Crippen LogP contribution is -2.45. The fourth-order valence-electron chi connectivity index (χ4n) is 2.50. The molecule has 7 heteroatoms. The molecule has 0 aliphatic carbocycles. The molecule has 0 spiro atoms. The zero-order valence-electron chi connectivity index (χ0n) is 13.8. The maximum Gasteiger partial charge on any atom is 0.191 e. The Morgan fingerprint density at radius 1 is 1.61 bits per heavy atom. The second kappa shape index (κ2) is 8.93. The third-order valence-electron chi connectivity index (χ3n) is 3.78. The molecule has 3 N–H and O–H groups in total. The van der Waals surface area contributed by atoms with E-state index in [-0.39, 0.29) is 12.5 Å². The minimum Gasteiger partial charge on any atom is -0.396 e. The van der Waals surface area contributed by atoms with Crippen LogP contribution in [0.5, 0.6) is 0 Å². The van der Waals surface area contributed by atoms with Crippen LogP contribution in [-0.2, 0) is 0 Å². The van der Waals surface area contributed by atoms with E-state index < -0.39 is 0 Å². The minimum atomic E-state index is 0.151. The number of aliphatic imine (C=N–C) groups is 1. The van der Waals surface area contributed by atoms with Crippen LogP contribution in [0.3, 0.4) is 0 Å². The van der Waals surface area contributed by atoms with E-state index in [1.807, 2.05) is 26.0 Å². The summed E-state index contributed by atoms with van der Waals surface area (Å²) in [6.45, 7) is 7.35. The van der Waals surface area contributed by atoms with Gasteiger partial charge in [0.05, 0.1) is 5.02 Å². The molecule has 1 saturated heterocycles. The van der Waals surface area contributed by atoms with Gasteiger partial charge in [0.2, 0.25) is 0 Å². The molecule has 6 nitrogen and oxygen atoms in total. The summed E-state index contributed by atoms with van der Waals surface area (Å²) < 4.78 is 0. The first-order valence-corrected chi connectivity index (χ1v) is 8.53. The highest BCUT2D eigenvalue weighted by Gasteiger charge is 2.25. The number of nitrogens with one attached hydrogen (secondary N) is 2. The van der Waals surface area contributed by atoms with Crippen LogP contribution < -0.4 is 15.5 Å². The monoisotopic (exact) mass is 339 g/mol. The normalized spacial score (nSPS) is 19.7. The number of pyridine rings is 1. The quantitative estimate of drug-likeness (QED) is 0.541. The van der Waals surface area contributed by atoms with Gasteiger partial charge in [0.25, 0.3) is 0 Å². The van der Waals surface area contributed by atoms with E-state index in [9.17, 15) is 0 Å². The van der Waals surface area contributed by atoms with Gasteiger partial charge in [0.1, 0.15) is 5.82 Å². The van der Waals surface area contributed by atoms with Crippen molar-refractivity contribution in [3.8, 4) is 0 Å². The van der Waals surface area contributed by atoms with Crippen molar-refractivity contribution < 1.29 is 5.11 Å². The van der Waals surface area contributed by atoms with Gasteiger partial charge in [-0.1, -0.05) is 18.5 Å². The van der Waals surface area contributed by atoms with Gasteiger partial charge in [-0.25, -0.2) is 4.98 Å². The highest BCUT2D eigenvalue weighted by atomic mass is 35.5. The van der Waals surface area contributed by atoms with Crippen molar-refractivity contribution in [2.24, 2.45) is 10.9 Å². The molecule has 1 aliphatic rings. The molecule has 2 atom stereocenters. The third-order valence-corrected chi connectivity index (χ3v) is 4.08. The number of aliphatic hydroxyl groups is 1. The van der Waals surface area contributed by atoms with Crippen LogP contribution in [0.25, 0.3) is 0 Å². The van der Waals surface area contributed by atoms with Gasteiger partial charge in [0, 0.05) is 45.0 Å². The number of aliphatic hydroxyl groups excluding tert-OH is 1. The highest BCUT2D eigenvalue weighted by Crippen LogP contribution is 2.25. The molecule has 1 aliphatic heterocycles. The molecule has 0 amide bonds. The van der Waals surface area contributed by atoms with E-state index >= 15 is 0 Å². The zero-order chi connectivity index (χ0) is 16.7. The van der Waals surface area contributed by atoms with Crippen LogP contribution in [0.2, 0.25) is 5.02 Å². The molecule has 23 heavy (non-hydrogen) atoms. The Morgan fingerprint density at radius 2 is 2.43 bits per heavy atom. The smallest absolute Gasteiger partial charge is 0.191 e. The van der Waals surface area contributed by atoms with Crippen LogP contribution in [0.15, 0.2) is 23.3 Å². The third kappa shape index (κ3) is 5.25. The van der Waals surface area contributed by atoms with Crippen molar-refractivity contribution in [2.75, 3.05) is 37.7 Å². The summed E-state index contributed by atoms with van der Waals surface area (Å²) in [7, 11) is 0. The Hall–Kier alpha value is -1.53. The maximum absolute atomic E-state index is 9.11. The second-order valence-electron chi connectivity index (χ2n) is 5.89. The van der Waals surface area contributed by atoms with Gasteiger partial charge in [-0.2, -0.15) is 0 Å². The molecule has 0 saturated carbocycles. The van der Waals surface area contributed by atoms with Gasteiger partial charge in [-0.3, -0.25) is 4.99 Å². The van der Waals surface area contributed by atoms with E-state index in [1.54, 1.807) is 6.20 Å². The summed E-state index contributed by atoms with van der Waals surface area (Å²) in [5, 5.41) is 16.5. The van der Waals surface area contributed by atoms with E-state index in [0.29, 0.717) is 17.6 Å². The second-order valence-corrected chi connectivity index (χ2v) is 6.30. The lowest BCUT2D eigenvalue weighted by molar-refractivity contribution is 0.241. The molecular weight excluding hydrogens is 314 g/mol. The van der Waals surface area contributed by atoms with Crippen LogP contribution in [-0.4, -0.2) is 54.9 Å². The fourth-order valence-corrected chi connectivity index (χ4v) is 2.74. The molecule has 0 radical (unpaired) electrons. The van der Waals surface area contributed by atoms with E-state index in [4.69, 9.17) is 16.7 Å². The Balaban J connectivity index is 1.93. The van der Waals surface area contributed by atoms with Crippen LogP contribution in [0, 0.1) is 5.92 Å². The number of halogens is 1. The zero-order valence-corrected chi connectivity index (χ0v) is 14.6. The first-order valence-electron chi connectivity index (χ1n) is 8.15. The molecule has 2 unspecified atom stereocenters. The highest BCUT2D eigenvalue weighted by molar-refractivity contribution is 6.32. The van der Waals surface area contributed by atoms with Crippen molar-refractivity contribution in [3.05, 3.63) is 23.4 Å². The molecule has 1 aromatic rings. The first-order chi connectivity index (χ1) is 11.1. The average Bonchev–Trinajstić information content (AvgIpc) is 3.01. The van der Waals surface area contributed by atoms with Crippen molar-refractivity contribution in [3.63, 3.8) is 0 Å². The SMILES string of the molecule is CCNC(=NCC(C)CO)NC1CCN(c2ncccc2Cl)C1. The molecular formula is C16H26ClN5O.